The summed E-state index contributed by atoms with van der Waals surface area (Å²) in [6.07, 6.45) is 3.44. The van der Waals surface area contributed by atoms with Gasteiger partial charge in [0, 0.05) is 11.7 Å². The van der Waals surface area contributed by atoms with E-state index in [2.05, 4.69) is 25.5 Å². The van der Waals surface area contributed by atoms with Crippen LogP contribution in [0.1, 0.15) is 40.0 Å². The minimum Gasteiger partial charge on any atom is -0.399 e. The van der Waals surface area contributed by atoms with Gasteiger partial charge in [0.05, 0.1) is 4.90 Å². The number of nitrogen functional groups attached to an aromatic ring is 1. The van der Waals surface area contributed by atoms with Crippen LogP contribution in [0, 0.1) is 16.7 Å². The van der Waals surface area contributed by atoms with Crippen LogP contribution in [0.3, 0.4) is 0 Å². The molecule has 116 valence electrons. The van der Waals surface area contributed by atoms with Gasteiger partial charge >= 0.3 is 0 Å². The second-order valence-corrected chi connectivity index (χ2v) is 9.25. The van der Waals surface area contributed by atoms with Crippen molar-refractivity contribution in [3.05, 3.63) is 24.3 Å². The lowest BCUT2D eigenvalue weighted by Crippen LogP contribution is -2.52. The average molecular weight is 308 g/mol. The summed E-state index contributed by atoms with van der Waals surface area (Å²) in [5, 5.41) is 0. The number of hydrogen-bond acceptors (Lipinski definition) is 3. The van der Waals surface area contributed by atoms with Gasteiger partial charge in [-0.1, -0.05) is 20.8 Å². The summed E-state index contributed by atoms with van der Waals surface area (Å²) in [6, 6.07) is 6.39. The molecule has 0 aliphatic heterocycles. The Hall–Kier alpha value is -1.07. The normalized spacial score (nSPS) is 34.2. The molecule has 0 radical (unpaired) electrons. The molecule has 2 saturated carbocycles. The van der Waals surface area contributed by atoms with E-state index < -0.39 is 10.0 Å². The number of hydrogen-bond donors (Lipinski definition) is 2. The first-order valence-electron chi connectivity index (χ1n) is 7.53. The van der Waals surface area contributed by atoms with Crippen molar-refractivity contribution < 1.29 is 8.42 Å². The van der Waals surface area contributed by atoms with Gasteiger partial charge < -0.3 is 5.73 Å². The first-order chi connectivity index (χ1) is 9.65. The zero-order chi connectivity index (χ0) is 15.5. The second-order valence-electron chi connectivity index (χ2n) is 7.54. The molecule has 3 unspecified atom stereocenters. The van der Waals surface area contributed by atoms with Gasteiger partial charge in [-0.3, -0.25) is 0 Å². The molecule has 0 amide bonds. The number of anilines is 1. The number of nitrogens with one attached hydrogen (secondary N) is 1. The molecule has 4 nitrogen and oxygen atoms in total. The van der Waals surface area contributed by atoms with Crippen LogP contribution in [-0.2, 0) is 10.0 Å². The van der Waals surface area contributed by atoms with Crippen LogP contribution in [0.5, 0.6) is 0 Å². The second kappa shape index (κ2) is 4.46. The van der Waals surface area contributed by atoms with Crippen LogP contribution in [0.2, 0.25) is 0 Å². The van der Waals surface area contributed by atoms with E-state index in [-0.39, 0.29) is 16.9 Å². The first kappa shape index (κ1) is 14.9. The van der Waals surface area contributed by atoms with Gasteiger partial charge in [-0.05, 0) is 60.3 Å². The van der Waals surface area contributed by atoms with E-state index >= 15 is 0 Å². The predicted molar refractivity (Wildman–Crippen MR) is 84.2 cm³/mol. The smallest absolute Gasteiger partial charge is 0.240 e. The Labute approximate surface area is 127 Å². The minimum absolute atomic E-state index is 0.00782. The number of fused-ring (bicyclic) bond motifs is 2. The molecule has 0 saturated heterocycles. The van der Waals surface area contributed by atoms with Gasteiger partial charge in [0.2, 0.25) is 10.0 Å². The number of sulfonamides is 1. The fourth-order valence-corrected chi connectivity index (χ4v) is 6.00. The summed E-state index contributed by atoms with van der Waals surface area (Å²) in [7, 11) is -3.50. The molecule has 2 aliphatic carbocycles. The molecule has 2 bridgehead atoms. The lowest BCUT2D eigenvalue weighted by atomic mass is 9.69. The lowest BCUT2D eigenvalue weighted by Gasteiger charge is -2.42. The molecule has 0 heterocycles. The average Bonchev–Trinajstić information content (AvgIpc) is 2.87. The molecule has 0 spiro atoms. The van der Waals surface area contributed by atoms with Crippen LogP contribution in [0.15, 0.2) is 29.2 Å². The highest BCUT2D eigenvalue weighted by atomic mass is 32.2. The summed E-state index contributed by atoms with van der Waals surface area (Å²) in [5.41, 5.74) is 6.29. The summed E-state index contributed by atoms with van der Waals surface area (Å²) < 4.78 is 28.3. The summed E-state index contributed by atoms with van der Waals surface area (Å²) in [5.74, 6) is 0.613. The van der Waals surface area contributed by atoms with Crippen molar-refractivity contribution in [3.63, 3.8) is 0 Å². The third-order valence-corrected chi connectivity index (χ3v) is 7.17. The van der Waals surface area contributed by atoms with E-state index in [4.69, 9.17) is 5.73 Å². The third kappa shape index (κ3) is 2.27. The molecule has 3 atom stereocenters. The maximum absolute atomic E-state index is 12.7. The largest absolute Gasteiger partial charge is 0.399 e. The SMILES string of the molecule is CC12CCC(C1)C(C)(C)C2NS(=O)(=O)c1ccc(N)cc1. The molecule has 21 heavy (non-hydrogen) atoms. The Kier molecular flexibility index (Phi) is 3.16. The van der Waals surface area contributed by atoms with E-state index in [1.807, 2.05) is 0 Å². The monoisotopic (exact) mass is 308 g/mol. The van der Waals surface area contributed by atoms with Gasteiger partial charge in [-0.2, -0.15) is 0 Å². The molecule has 0 aromatic heterocycles. The maximum atomic E-state index is 12.7. The summed E-state index contributed by atoms with van der Waals surface area (Å²) in [4.78, 5) is 0.291. The van der Waals surface area contributed by atoms with E-state index in [9.17, 15) is 8.42 Å². The fourth-order valence-electron chi connectivity index (χ4n) is 4.47. The topological polar surface area (TPSA) is 72.2 Å². The summed E-state index contributed by atoms with van der Waals surface area (Å²) >= 11 is 0. The standard InChI is InChI=1S/C16H24N2O2S/c1-15(2)11-8-9-16(3,10-11)14(15)18-21(19,20)13-6-4-12(17)5-7-13/h4-7,11,14,18H,8-10,17H2,1-3H3. The predicted octanol–water partition coefficient (Wildman–Crippen LogP) is 2.76. The Bertz CT molecular complexity index is 647. The minimum atomic E-state index is -3.50. The van der Waals surface area contributed by atoms with E-state index in [1.54, 1.807) is 24.3 Å². The quantitative estimate of drug-likeness (QED) is 0.843. The van der Waals surface area contributed by atoms with Gasteiger partial charge in [0.25, 0.3) is 0 Å². The highest BCUT2D eigenvalue weighted by Crippen LogP contribution is 2.62. The molecule has 2 fully saturated rings. The highest BCUT2D eigenvalue weighted by Gasteiger charge is 2.60. The van der Waals surface area contributed by atoms with E-state index in [0.29, 0.717) is 16.5 Å². The zero-order valence-corrected chi connectivity index (χ0v) is 13.7. The summed E-state index contributed by atoms with van der Waals surface area (Å²) in [6.45, 7) is 6.61. The van der Waals surface area contributed by atoms with Gasteiger partial charge in [-0.25, -0.2) is 13.1 Å². The van der Waals surface area contributed by atoms with Crippen molar-refractivity contribution in [2.75, 3.05) is 5.73 Å². The molecule has 1 aromatic carbocycles. The van der Waals surface area contributed by atoms with E-state index in [1.165, 1.54) is 6.42 Å². The van der Waals surface area contributed by atoms with Crippen LogP contribution in [-0.4, -0.2) is 14.5 Å². The maximum Gasteiger partial charge on any atom is 0.240 e. The van der Waals surface area contributed by atoms with Crippen molar-refractivity contribution in [2.24, 2.45) is 16.7 Å². The Morgan fingerprint density at radius 2 is 1.81 bits per heavy atom. The Morgan fingerprint density at radius 3 is 2.33 bits per heavy atom. The first-order valence-corrected chi connectivity index (χ1v) is 9.01. The molecule has 5 heteroatoms. The van der Waals surface area contributed by atoms with Crippen LogP contribution in [0.4, 0.5) is 5.69 Å². The molecular weight excluding hydrogens is 284 g/mol. The molecule has 3 N–H and O–H groups in total. The fraction of sp³-hybridized carbons (Fsp3) is 0.625. The third-order valence-electron chi connectivity index (χ3n) is 5.73. The van der Waals surface area contributed by atoms with Crippen molar-refractivity contribution in [1.29, 1.82) is 0 Å². The lowest BCUT2D eigenvalue weighted by molar-refractivity contribution is 0.127. The molecular formula is C16H24N2O2S. The number of benzene rings is 1. The van der Waals surface area contributed by atoms with Gasteiger partial charge in [0.1, 0.15) is 0 Å². The molecule has 3 rings (SSSR count). The molecule has 2 aliphatic rings. The van der Waals surface area contributed by atoms with Gasteiger partial charge in [-0.15, -0.1) is 0 Å². The van der Waals surface area contributed by atoms with Crippen molar-refractivity contribution >= 4 is 15.7 Å². The highest BCUT2D eigenvalue weighted by molar-refractivity contribution is 7.89. The Balaban J connectivity index is 1.91. The van der Waals surface area contributed by atoms with Crippen molar-refractivity contribution in [3.8, 4) is 0 Å². The molecule has 1 aromatic rings. The number of rotatable bonds is 3. The van der Waals surface area contributed by atoms with Crippen LogP contribution >= 0.6 is 0 Å². The van der Waals surface area contributed by atoms with Crippen LogP contribution in [0.25, 0.3) is 0 Å². The van der Waals surface area contributed by atoms with Gasteiger partial charge in [0.15, 0.2) is 0 Å². The van der Waals surface area contributed by atoms with Crippen molar-refractivity contribution in [1.82, 2.24) is 4.72 Å². The Morgan fingerprint density at radius 1 is 1.19 bits per heavy atom. The van der Waals surface area contributed by atoms with Crippen molar-refractivity contribution in [2.45, 2.75) is 51.0 Å². The number of nitrogens with two attached hydrogens (primary N) is 1. The zero-order valence-electron chi connectivity index (χ0n) is 12.9. The van der Waals surface area contributed by atoms with E-state index in [0.717, 1.165) is 12.8 Å². The van der Waals surface area contributed by atoms with Crippen LogP contribution < -0.4 is 10.5 Å².